The number of benzene rings is 3. The van der Waals surface area contributed by atoms with E-state index >= 15 is 0 Å². The van der Waals surface area contributed by atoms with Gasteiger partial charge in [0.1, 0.15) is 12.4 Å². The van der Waals surface area contributed by atoms with E-state index in [9.17, 15) is 9.59 Å². The molecule has 0 heterocycles. The Kier molecular flexibility index (Phi) is 8.03. The highest BCUT2D eigenvalue weighted by Gasteiger charge is 2.07. The summed E-state index contributed by atoms with van der Waals surface area (Å²) < 4.78 is 5.59. The first-order valence-corrected chi connectivity index (χ1v) is 10.3. The first-order valence-electron chi connectivity index (χ1n) is 10.3. The van der Waals surface area contributed by atoms with Crippen LogP contribution in [0.15, 0.2) is 91.0 Å². The second-order valence-electron chi connectivity index (χ2n) is 7.42. The Morgan fingerprint density at radius 1 is 0.906 bits per heavy atom. The molecule has 0 aliphatic carbocycles. The Morgan fingerprint density at radius 2 is 1.66 bits per heavy atom. The molecule has 0 aromatic heterocycles. The van der Waals surface area contributed by atoms with E-state index < -0.39 is 0 Å². The second kappa shape index (κ2) is 11.4. The van der Waals surface area contributed by atoms with Crippen molar-refractivity contribution in [2.45, 2.75) is 13.5 Å². The van der Waals surface area contributed by atoms with Gasteiger partial charge in [0.25, 0.3) is 5.91 Å². The predicted molar refractivity (Wildman–Crippen MR) is 128 cm³/mol. The van der Waals surface area contributed by atoms with Gasteiger partial charge in [-0.05, 0) is 54.5 Å². The molecule has 0 bridgehead atoms. The smallest absolute Gasteiger partial charge is 0.251 e. The van der Waals surface area contributed by atoms with Crippen molar-refractivity contribution < 1.29 is 14.3 Å². The molecule has 164 valence electrons. The van der Waals surface area contributed by atoms with E-state index in [0.29, 0.717) is 30.2 Å². The molecular weight excluding hydrogens is 402 g/mol. The van der Waals surface area contributed by atoms with Crippen LogP contribution in [0.25, 0.3) is 0 Å². The van der Waals surface area contributed by atoms with Gasteiger partial charge in [0, 0.05) is 29.5 Å². The van der Waals surface area contributed by atoms with E-state index in [4.69, 9.17) is 4.74 Å². The summed E-state index contributed by atoms with van der Waals surface area (Å²) >= 11 is 0. The molecule has 3 aromatic rings. The molecule has 3 N–H and O–H groups in total. The molecule has 0 aliphatic rings. The average Bonchev–Trinajstić information content (AvgIpc) is 2.81. The van der Waals surface area contributed by atoms with Crippen LogP contribution in [0, 0.1) is 0 Å². The van der Waals surface area contributed by atoms with Crippen molar-refractivity contribution in [3.05, 3.63) is 102 Å². The summed E-state index contributed by atoms with van der Waals surface area (Å²) in [5.41, 5.74) is 3.92. The molecule has 6 nitrogen and oxygen atoms in total. The molecule has 0 radical (unpaired) electrons. The number of anilines is 2. The molecule has 2 amide bonds. The number of hydrogen-bond acceptors (Lipinski definition) is 4. The Bertz CT molecular complexity index is 1060. The third kappa shape index (κ3) is 7.32. The highest BCUT2D eigenvalue weighted by atomic mass is 16.5. The molecule has 0 aliphatic heterocycles. The van der Waals surface area contributed by atoms with Gasteiger partial charge in [0.15, 0.2) is 0 Å². The van der Waals surface area contributed by atoms with Crippen molar-refractivity contribution in [3.63, 3.8) is 0 Å². The van der Waals surface area contributed by atoms with E-state index in [0.717, 1.165) is 16.8 Å². The fraction of sp³-hybridized carbons (Fsp3) is 0.154. The Morgan fingerprint density at radius 3 is 2.38 bits per heavy atom. The third-order valence-electron chi connectivity index (χ3n) is 4.50. The van der Waals surface area contributed by atoms with E-state index in [2.05, 4.69) is 22.5 Å². The molecule has 0 spiro atoms. The number of carbonyl (C=O) groups is 2. The fourth-order valence-electron chi connectivity index (χ4n) is 2.88. The average molecular weight is 430 g/mol. The number of amides is 2. The Hall–Kier alpha value is -4.06. The normalized spacial score (nSPS) is 10.2. The largest absolute Gasteiger partial charge is 0.489 e. The summed E-state index contributed by atoms with van der Waals surface area (Å²) in [5, 5.41) is 8.78. The van der Waals surface area contributed by atoms with Gasteiger partial charge in [0.2, 0.25) is 5.91 Å². The molecule has 0 unspecified atom stereocenters. The lowest BCUT2D eigenvalue weighted by Crippen LogP contribution is -2.23. The molecule has 3 rings (SSSR count). The highest BCUT2D eigenvalue weighted by molar-refractivity contribution is 5.95. The molecule has 0 saturated carbocycles. The van der Waals surface area contributed by atoms with E-state index in [-0.39, 0.29) is 18.4 Å². The van der Waals surface area contributed by atoms with Crippen molar-refractivity contribution in [1.82, 2.24) is 5.32 Å². The number of rotatable bonds is 10. The lowest BCUT2D eigenvalue weighted by molar-refractivity contribution is -0.114. The first-order chi connectivity index (χ1) is 15.5. The van der Waals surface area contributed by atoms with Crippen LogP contribution in [0.1, 0.15) is 22.8 Å². The minimum Gasteiger partial charge on any atom is -0.489 e. The molecule has 32 heavy (non-hydrogen) atoms. The zero-order valence-electron chi connectivity index (χ0n) is 18.1. The van der Waals surface area contributed by atoms with Gasteiger partial charge in [-0.25, -0.2) is 0 Å². The van der Waals surface area contributed by atoms with Crippen LogP contribution in [-0.2, 0) is 11.3 Å². The monoisotopic (exact) mass is 429 g/mol. The van der Waals surface area contributed by atoms with E-state index in [1.807, 2.05) is 49.4 Å². The summed E-state index contributed by atoms with van der Waals surface area (Å²) in [6.45, 7) is 6.69. The molecule has 0 atom stereocenters. The van der Waals surface area contributed by atoms with Crippen LogP contribution in [0.3, 0.4) is 0 Å². The summed E-state index contributed by atoms with van der Waals surface area (Å²) in [4.78, 5) is 24.6. The second-order valence-corrected chi connectivity index (χ2v) is 7.42. The van der Waals surface area contributed by atoms with Crippen molar-refractivity contribution >= 4 is 23.2 Å². The lowest BCUT2D eigenvalue weighted by atomic mass is 10.1. The summed E-state index contributed by atoms with van der Waals surface area (Å²) in [6, 6.07) is 23.9. The van der Waals surface area contributed by atoms with Crippen molar-refractivity contribution in [1.29, 1.82) is 0 Å². The predicted octanol–water partition coefficient (Wildman–Crippen LogP) is 4.62. The lowest BCUT2D eigenvalue weighted by Gasteiger charge is -2.11. The standard InChI is InChI=1S/C26H27N3O3/c1-19(2)18-32-24-10-6-9-23(15-24)29-25(30)17-27-22-13-11-21(12-14-22)26(31)28-16-20-7-4-3-5-8-20/h3-15,27H,1,16-18H2,2H3,(H,28,31)(H,29,30). The molecule has 0 saturated heterocycles. The maximum atomic E-state index is 12.3. The van der Waals surface area contributed by atoms with Crippen LogP contribution < -0.4 is 20.7 Å². The molecule has 6 heteroatoms. The van der Waals surface area contributed by atoms with E-state index in [1.165, 1.54) is 0 Å². The fourth-order valence-corrected chi connectivity index (χ4v) is 2.88. The minimum atomic E-state index is -0.188. The van der Waals surface area contributed by atoms with Crippen molar-refractivity contribution in [3.8, 4) is 5.75 Å². The van der Waals surface area contributed by atoms with Crippen molar-refractivity contribution in [2.24, 2.45) is 0 Å². The molecular formula is C26H27N3O3. The summed E-state index contributed by atoms with van der Waals surface area (Å²) in [5.74, 6) is 0.332. The third-order valence-corrected chi connectivity index (χ3v) is 4.50. The quantitative estimate of drug-likeness (QED) is 0.411. The van der Waals surface area contributed by atoms with Gasteiger partial charge in [-0.1, -0.05) is 43.0 Å². The zero-order valence-corrected chi connectivity index (χ0v) is 18.1. The highest BCUT2D eigenvalue weighted by Crippen LogP contribution is 2.18. The van der Waals surface area contributed by atoms with Crippen LogP contribution in [0.2, 0.25) is 0 Å². The Labute approximate surface area is 188 Å². The van der Waals surface area contributed by atoms with Gasteiger partial charge in [0.05, 0.1) is 6.54 Å². The SMILES string of the molecule is C=C(C)COc1cccc(NC(=O)CNc2ccc(C(=O)NCc3ccccc3)cc2)c1. The summed E-state index contributed by atoms with van der Waals surface area (Å²) in [6.07, 6.45) is 0. The number of nitrogens with one attached hydrogen (secondary N) is 3. The van der Waals surface area contributed by atoms with Gasteiger partial charge in [-0.15, -0.1) is 0 Å². The zero-order chi connectivity index (χ0) is 22.8. The molecule has 0 fully saturated rings. The van der Waals surface area contributed by atoms with Crippen LogP contribution in [-0.4, -0.2) is 25.0 Å². The van der Waals surface area contributed by atoms with Crippen LogP contribution in [0.4, 0.5) is 11.4 Å². The van der Waals surface area contributed by atoms with E-state index in [1.54, 1.807) is 36.4 Å². The number of hydrogen-bond donors (Lipinski definition) is 3. The molecule has 3 aromatic carbocycles. The van der Waals surface area contributed by atoms with Gasteiger partial charge in [-0.3, -0.25) is 9.59 Å². The van der Waals surface area contributed by atoms with Crippen LogP contribution >= 0.6 is 0 Å². The topological polar surface area (TPSA) is 79.5 Å². The maximum absolute atomic E-state index is 12.3. The van der Waals surface area contributed by atoms with Gasteiger partial charge in [-0.2, -0.15) is 0 Å². The first kappa shape index (κ1) is 22.6. The van der Waals surface area contributed by atoms with Crippen LogP contribution in [0.5, 0.6) is 5.75 Å². The van der Waals surface area contributed by atoms with Gasteiger partial charge >= 0.3 is 0 Å². The Balaban J connectivity index is 1.45. The minimum absolute atomic E-state index is 0.0937. The van der Waals surface area contributed by atoms with Gasteiger partial charge < -0.3 is 20.7 Å². The van der Waals surface area contributed by atoms with Crippen molar-refractivity contribution in [2.75, 3.05) is 23.8 Å². The number of ether oxygens (including phenoxy) is 1. The summed E-state index contributed by atoms with van der Waals surface area (Å²) in [7, 11) is 0. The number of carbonyl (C=O) groups excluding carboxylic acids is 2. The maximum Gasteiger partial charge on any atom is 0.251 e.